The minimum atomic E-state index is -0.937. The van der Waals surface area contributed by atoms with Crippen LogP contribution in [0.15, 0.2) is 34.9 Å². The number of benzene rings is 1. The number of amides is 2. The zero-order chi connectivity index (χ0) is 21.2. The maximum atomic E-state index is 12.1. The average Bonchev–Trinajstić information content (AvgIpc) is 3.10. The number of carbonyl (C=O) groups excluding carboxylic acids is 3. The van der Waals surface area contributed by atoms with Crippen molar-refractivity contribution in [3.8, 4) is 5.75 Å². The van der Waals surface area contributed by atoms with Crippen molar-refractivity contribution in [2.24, 2.45) is 0 Å². The van der Waals surface area contributed by atoms with E-state index in [-0.39, 0.29) is 17.4 Å². The van der Waals surface area contributed by atoms with E-state index in [4.69, 9.17) is 14.0 Å². The van der Waals surface area contributed by atoms with Crippen LogP contribution in [-0.4, -0.2) is 47.7 Å². The Bertz CT molecular complexity index is 837. The number of nitrogens with zero attached hydrogens (tertiary/aromatic N) is 1. The van der Waals surface area contributed by atoms with E-state index in [0.29, 0.717) is 18.1 Å². The third-order valence-corrected chi connectivity index (χ3v) is 4.56. The Morgan fingerprint density at radius 3 is 2.55 bits per heavy atom. The third kappa shape index (κ3) is 7.86. The average molecular weight is 421 g/mol. The summed E-state index contributed by atoms with van der Waals surface area (Å²) in [5.74, 6) is 0.311. The van der Waals surface area contributed by atoms with Gasteiger partial charge in [-0.3, -0.25) is 14.4 Å². The van der Waals surface area contributed by atoms with Gasteiger partial charge in [0, 0.05) is 12.6 Å². The normalized spacial score (nSPS) is 11.4. The number of hydrogen-bond acceptors (Lipinski definition) is 8. The fourth-order valence-corrected chi connectivity index (χ4v) is 2.79. The van der Waals surface area contributed by atoms with Crippen molar-refractivity contribution < 1.29 is 28.4 Å². The highest BCUT2D eigenvalue weighted by Crippen LogP contribution is 2.11. The first-order chi connectivity index (χ1) is 13.9. The number of carbonyl (C=O) groups is 3. The SMILES string of the molecule is COc1ccc(CNC(=O)[C@@H](C)OC(=O)CSCC(=O)Nc2cc(C)on2)cc1. The van der Waals surface area contributed by atoms with E-state index >= 15 is 0 Å². The van der Waals surface area contributed by atoms with Gasteiger partial charge in [-0.2, -0.15) is 0 Å². The number of thioether (sulfide) groups is 1. The van der Waals surface area contributed by atoms with Gasteiger partial charge in [-0.05, 0) is 31.5 Å². The molecule has 2 aromatic rings. The molecule has 29 heavy (non-hydrogen) atoms. The van der Waals surface area contributed by atoms with E-state index in [1.165, 1.54) is 6.92 Å². The number of methoxy groups -OCH3 is 1. The van der Waals surface area contributed by atoms with Crippen LogP contribution in [0.2, 0.25) is 0 Å². The molecule has 9 nitrogen and oxygen atoms in total. The molecule has 0 unspecified atom stereocenters. The molecular formula is C19H23N3O6S. The minimum Gasteiger partial charge on any atom is -0.497 e. The second kappa shape index (κ2) is 11.1. The van der Waals surface area contributed by atoms with E-state index in [1.807, 2.05) is 12.1 Å². The van der Waals surface area contributed by atoms with Crippen molar-refractivity contribution in [3.63, 3.8) is 0 Å². The molecular weight excluding hydrogens is 398 g/mol. The first-order valence-corrected chi connectivity index (χ1v) is 9.94. The number of anilines is 1. The summed E-state index contributed by atoms with van der Waals surface area (Å²) >= 11 is 1.07. The first kappa shape index (κ1) is 22.3. The van der Waals surface area contributed by atoms with Gasteiger partial charge in [-0.25, -0.2) is 0 Å². The van der Waals surface area contributed by atoms with E-state index in [2.05, 4.69) is 15.8 Å². The van der Waals surface area contributed by atoms with Crippen molar-refractivity contribution >= 4 is 35.4 Å². The molecule has 10 heteroatoms. The zero-order valence-electron chi connectivity index (χ0n) is 16.4. The van der Waals surface area contributed by atoms with E-state index in [9.17, 15) is 14.4 Å². The Labute approximate surface area is 172 Å². The fraction of sp³-hybridized carbons (Fsp3) is 0.368. The van der Waals surface area contributed by atoms with Gasteiger partial charge in [0.05, 0.1) is 18.6 Å². The van der Waals surface area contributed by atoms with Gasteiger partial charge in [0.1, 0.15) is 11.5 Å². The number of hydrogen-bond donors (Lipinski definition) is 2. The molecule has 0 radical (unpaired) electrons. The Morgan fingerprint density at radius 2 is 1.93 bits per heavy atom. The highest BCUT2D eigenvalue weighted by atomic mass is 32.2. The largest absolute Gasteiger partial charge is 0.497 e. The topological polar surface area (TPSA) is 120 Å². The Balaban J connectivity index is 1.64. The summed E-state index contributed by atoms with van der Waals surface area (Å²) in [7, 11) is 1.58. The third-order valence-electron chi connectivity index (χ3n) is 3.65. The molecule has 0 aliphatic heterocycles. The predicted molar refractivity (Wildman–Crippen MR) is 108 cm³/mol. The lowest BCUT2D eigenvalue weighted by molar-refractivity contribution is -0.152. The molecule has 0 saturated heterocycles. The summed E-state index contributed by atoms with van der Waals surface area (Å²) in [6, 6.07) is 8.84. The van der Waals surface area contributed by atoms with Crippen LogP contribution < -0.4 is 15.4 Å². The van der Waals surface area contributed by atoms with E-state index < -0.39 is 18.0 Å². The molecule has 2 N–H and O–H groups in total. The maximum Gasteiger partial charge on any atom is 0.316 e. The Hall–Kier alpha value is -3.01. The lowest BCUT2D eigenvalue weighted by Gasteiger charge is -2.13. The number of aryl methyl sites for hydroxylation is 1. The van der Waals surface area contributed by atoms with E-state index in [0.717, 1.165) is 23.1 Å². The van der Waals surface area contributed by atoms with Crippen molar-refractivity contribution in [2.75, 3.05) is 23.9 Å². The molecule has 0 fully saturated rings. The van der Waals surface area contributed by atoms with Gasteiger partial charge in [0.15, 0.2) is 11.9 Å². The molecule has 0 aliphatic rings. The molecule has 156 valence electrons. The lowest BCUT2D eigenvalue weighted by atomic mass is 10.2. The van der Waals surface area contributed by atoms with Crippen LogP contribution in [-0.2, 0) is 25.7 Å². The van der Waals surface area contributed by atoms with Gasteiger partial charge in [-0.15, -0.1) is 11.8 Å². The maximum absolute atomic E-state index is 12.1. The summed E-state index contributed by atoms with van der Waals surface area (Å²) in [6.07, 6.45) is -0.937. The number of esters is 1. The summed E-state index contributed by atoms with van der Waals surface area (Å²) in [5, 5.41) is 8.89. The van der Waals surface area contributed by atoms with Crippen LogP contribution in [0.25, 0.3) is 0 Å². The molecule has 0 bridgehead atoms. The second-order valence-electron chi connectivity index (χ2n) is 6.06. The second-order valence-corrected chi connectivity index (χ2v) is 7.05. The smallest absolute Gasteiger partial charge is 0.316 e. The van der Waals surface area contributed by atoms with Crippen LogP contribution in [0.3, 0.4) is 0 Å². The van der Waals surface area contributed by atoms with Gasteiger partial charge in [0.25, 0.3) is 5.91 Å². The number of ether oxygens (including phenoxy) is 2. The van der Waals surface area contributed by atoms with E-state index in [1.54, 1.807) is 32.2 Å². The summed E-state index contributed by atoms with van der Waals surface area (Å²) < 4.78 is 15.0. The molecule has 1 heterocycles. The number of rotatable bonds is 10. The number of aromatic nitrogens is 1. The van der Waals surface area contributed by atoms with Crippen LogP contribution >= 0.6 is 11.8 Å². The summed E-state index contributed by atoms with van der Waals surface area (Å²) in [4.78, 5) is 35.7. The van der Waals surface area contributed by atoms with Crippen LogP contribution in [0.1, 0.15) is 18.2 Å². The van der Waals surface area contributed by atoms with Crippen molar-refractivity contribution in [1.29, 1.82) is 0 Å². The van der Waals surface area contributed by atoms with Crippen LogP contribution in [0, 0.1) is 6.92 Å². The molecule has 0 saturated carbocycles. The Kier molecular flexibility index (Phi) is 8.53. The fourth-order valence-electron chi connectivity index (χ4n) is 2.19. The standard InChI is InChI=1S/C19H23N3O6S/c1-12-8-16(22-28-12)21-17(23)10-29-11-18(24)27-13(2)19(25)20-9-14-4-6-15(26-3)7-5-14/h4-8,13H,9-11H2,1-3H3,(H,20,25)(H,21,22,23)/t13-/m1/s1. The predicted octanol–water partition coefficient (Wildman–Crippen LogP) is 1.91. The summed E-state index contributed by atoms with van der Waals surface area (Å²) in [6.45, 7) is 3.51. The molecule has 2 rings (SSSR count). The van der Waals surface area contributed by atoms with Gasteiger partial charge in [0.2, 0.25) is 5.91 Å². The van der Waals surface area contributed by atoms with Crippen molar-refractivity contribution in [1.82, 2.24) is 10.5 Å². The minimum absolute atomic E-state index is 0.0407. The number of nitrogens with one attached hydrogen (secondary N) is 2. The molecule has 1 atom stereocenters. The highest BCUT2D eigenvalue weighted by Gasteiger charge is 2.18. The molecule has 1 aromatic carbocycles. The molecule has 0 spiro atoms. The van der Waals surface area contributed by atoms with Crippen LogP contribution in [0.4, 0.5) is 5.82 Å². The van der Waals surface area contributed by atoms with Gasteiger partial charge in [-0.1, -0.05) is 17.3 Å². The quantitative estimate of drug-likeness (QED) is 0.558. The van der Waals surface area contributed by atoms with Gasteiger partial charge < -0.3 is 24.6 Å². The van der Waals surface area contributed by atoms with Gasteiger partial charge >= 0.3 is 5.97 Å². The zero-order valence-corrected chi connectivity index (χ0v) is 17.2. The first-order valence-electron chi connectivity index (χ1n) is 8.78. The van der Waals surface area contributed by atoms with Crippen molar-refractivity contribution in [3.05, 3.63) is 41.7 Å². The Morgan fingerprint density at radius 1 is 1.21 bits per heavy atom. The summed E-state index contributed by atoms with van der Waals surface area (Å²) in [5.41, 5.74) is 0.890. The van der Waals surface area contributed by atoms with Crippen LogP contribution in [0.5, 0.6) is 5.75 Å². The molecule has 2 amide bonds. The lowest BCUT2D eigenvalue weighted by Crippen LogP contribution is -2.35. The monoisotopic (exact) mass is 421 g/mol. The van der Waals surface area contributed by atoms with Crippen molar-refractivity contribution in [2.45, 2.75) is 26.5 Å². The molecule has 1 aromatic heterocycles. The molecule has 0 aliphatic carbocycles. The highest BCUT2D eigenvalue weighted by molar-refractivity contribution is 8.00.